The number of aliphatic hydroxyl groups excluding tert-OH is 1. The van der Waals surface area contributed by atoms with Crippen LogP contribution in [-0.2, 0) is 25.4 Å². The molecule has 0 bridgehead atoms. The zero-order valence-electron chi connectivity index (χ0n) is 20.9. The lowest BCUT2D eigenvalue weighted by Gasteiger charge is -2.38. The Morgan fingerprint density at radius 2 is 1.54 bits per heavy atom. The van der Waals surface area contributed by atoms with Crippen molar-refractivity contribution >= 4 is 5.91 Å². The second-order valence-corrected chi connectivity index (χ2v) is 9.78. The summed E-state index contributed by atoms with van der Waals surface area (Å²) in [6.45, 7) is 12.1. The third-order valence-corrected chi connectivity index (χ3v) is 7.03. The van der Waals surface area contributed by atoms with Gasteiger partial charge in [-0.05, 0) is 5.56 Å². The molecule has 3 fully saturated rings. The van der Waals surface area contributed by atoms with Gasteiger partial charge in [0.2, 0.25) is 5.91 Å². The van der Waals surface area contributed by atoms with Crippen LogP contribution in [0.4, 0.5) is 0 Å². The molecule has 1 N–H and O–H groups in total. The number of carbonyl (C=O) groups excluding carboxylic acids is 1. The first-order valence-corrected chi connectivity index (χ1v) is 13.1. The van der Waals surface area contributed by atoms with Gasteiger partial charge in [-0.25, -0.2) is 0 Å². The molecule has 0 saturated carbocycles. The average Bonchev–Trinajstić information content (AvgIpc) is 2.88. The van der Waals surface area contributed by atoms with Crippen molar-refractivity contribution < 1.29 is 24.1 Å². The molecule has 35 heavy (non-hydrogen) atoms. The van der Waals surface area contributed by atoms with Crippen molar-refractivity contribution in [3.05, 3.63) is 35.9 Å². The van der Waals surface area contributed by atoms with E-state index >= 15 is 0 Å². The number of nitrogens with zero attached hydrogens (tertiary/aromatic N) is 4. The van der Waals surface area contributed by atoms with E-state index in [9.17, 15) is 9.90 Å². The summed E-state index contributed by atoms with van der Waals surface area (Å²) in [6.07, 6.45) is -0.0497. The van der Waals surface area contributed by atoms with Crippen LogP contribution in [0, 0.1) is 0 Å². The van der Waals surface area contributed by atoms with Gasteiger partial charge in [-0.15, -0.1) is 0 Å². The molecule has 3 aliphatic rings. The number of carbonyl (C=O) groups is 1. The summed E-state index contributed by atoms with van der Waals surface area (Å²) in [5.74, 6) is 0.137. The van der Waals surface area contributed by atoms with Gasteiger partial charge in [0, 0.05) is 72.0 Å². The predicted octanol–water partition coefficient (Wildman–Crippen LogP) is -0.216. The Morgan fingerprint density at radius 1 is 0.914 bits per heavy atom. The Morgan fingerprint density at radius 3 is 2.26 bits per heavy atom. The maximum absolute atomic E-state index is 13.3. The highest BCUT2D eigenvalue weighted by Crippen LogP contribution is 2.12. The van der Waals surface area contributed by atoms with Gasteiger partial charge in [-0.1, -0.05) is 30.3 Å². The van der Waals surface area contributed by atoms with E-state index in [0.29, 0.717) is 39.2 Å². The van der Waals surface area contributed by atoms with Crippen LogP contribution < -0.4 is 0 Å². The van der Waals surface area contributed by atoms with Gasteiger partial charge in [-0.2, -0.15) is 0 Å². The highest BCUT2D eigenvalue weighted by molar-refractivity contribution is 5.78. The molecule has 0 spiro atoms. The molecule has 2 unspecified atom stereocenters. The molecule has 1 aromatic carbocycles. The van der Waals surface area contributed by atoms with Gasteiger partial charge in [0.15, 0.2) is 0 Å². The summed E-state index contributed by atoms with van der Waals surface area (Å²) in [4.78, 5) is 22.2. The van der Waals surface area contributed by atoms with E-state index in [4.69, 9.17) is 14.2 Å². The summed E-state index contributed by atoms with van der Waals surface area (Å²) < 4.78 is 17.0. The maximum Gasteiger partial charge on any atom is 0.227 e. The van der Waals surface area contributed by atoms with Crippen LogP contribution in [0.15, 0.2) is 30.3 Å². The van der Waals surface area contributed by atoms with Gasteiger partial charge < -0.3 is 24.2 Å². The van der Waals surface area contributed by atoms with Crippen molar-refractivity contribution in [3.63, 3.8) is 0 Å². The van der Waals surface area contributed by atoms with Crippen molar-refractivity contribution in [2.75, 3.05) is 105 Å². The fourth-order valence-electron chi connectivity index (χ4n) is 5.03. The number of morpholine rings is 3. The fraction of sp³-hybridized carbons (Fsp3) is 0.731. The third kappa shape index (κ3) is 9.09. The molecule has 3 aliphatic heterocycles. The molecule has 0 aromatic heterocycles. The molecule has 4 rings (SSSR count). The van der Waals surface area contributed by atoms with Gasteiger partial charge in [-0.3, -0.25) is 19.5 Å². The van der Waals surface area contributed by atoms with Gasteiger partial charge in [0.25, 0.3) is 0 Å². The van der Waals surface area contributed by atoms with E-state index < -0.39 is 6.10 Å². The zero-order chi connectivity index (χ0) is 24.3. The van der Waals surface area contributed by atoms with Crippen LogP contribution in [0.3, 0.4) is 0 Å². The van der Waals surface area contributed by atoms with Crippen molar-refractivity contribution in [2.24, 2.45) is 0 Å². The number of amides is 1. The standard InChI is InChI=1S/C26H42N4O5/c31-24(19-28-10-15-34-16-11-28)20-29-12-17-35-25(21-29)22-30(7-6-27-8-13-33-14-9-27)26(32)18-23-4-2-1-3-5-23/h1-5,24-25,31H,6-22H2. The largest absolute Gasteiger partial charge is 0.390 e. The summed E-state index contributed by atoms with van der Waals surface area (Å²) in [5.41, 5.74) is 1.03. The summed E-state index contributed by atoms with van der Waals surface area (Å²) in [5, 5.41) is 10.7. The zero-order valence-corrected chi connectivity index (χ0v) is 20.9. The first-order chi connectivity index (χ1) is 17.2. The van der Waals surface area contributed by atoms with Crippen molar-refractivity contribution in [3.8, 4) is 0 Å². The smallest absolute Gasteiger partial charge is 0.227 e. The highest BCUT2D eigenvalue weighted by Gasteiger charge is 2.27. The van der Waals surface area contributed by atoms with Crippen LogP contribution in [0.2, 0.25) is 0 Å². The summed E-state index contributed by atoms with van der Waals surface area (Å²) in [7, 11) is 0. The Bertz CT molecular complexity index is 743. The quantitative estimate of drug-likeness (QED) is 0.457. The summed E-state index contributed by atoms with van der Waals surface area (Å²) in [6, 6.07) is 9.94. The van der Waals surface area contributed by atoms with E-state index in [2.05, 4.69) is 14.7 Å². The maximum atomic E-state index is 13.3. The predicted molar refractivity (Wildman–Crippen MR) is 133 cm³/mol. The first kappa shape index (κ1) is 26.5. The van der Waals surface area contributed by atoms with E-state index in [1.807, 2.05) is 35.2 Å². The van der Waals surface area contributed by atoms with Gasteiger partial charge in [0.1, 0.15) is 0 Å². The number of benzene rings is 1. The minimum Gasteiger partial charge on any atom is -0.390 e. The monoisotopic (exact) mass is 490 g/mol. The molecule has 1 aromatic rings. The van der Waals surface area contributed by atoms with E-state index in [1.54, 1.807) is 0 Å². The lowest BCUT2D eigenvalue weighted by atomic mass is 10.1. The molecule has 196 valence electrons. The van der Waals surface area contributed by atoms with Crippen LogP contribution in [0.25, 0.3) is 0 Å². The van der Waals surface area contributed by atoms with Crippen molar-refractivity contribution in [1.29, 1.82) is 0 Å². The number of rotatable bonds is 11. The molecule has 3 saturated heterocycles. The molecule has 3 heterocycles. The molecule has 0 radical (unpaired) electrons. The molecule has 9 nitrogen and oxygen atoms in total. The average molecular weight is 491 g/mol. The Hall–Kier alpha value is -1.59. The van der Waals surface area contributed by atoms with Crippen LogP contribution >= 0.6 is 0 Å². The van der Waals surface area contributed by atoms with Gasteiger partial charge in [0.05, 0.1) is 51.7 Å². The molecule has 0 aliphatic carbocycles. The topological polar surface area (TPSA) is 78.0 Å². The number of ether oxygens (including phenoxy) is 3. The number of aliphatic hydroxyl groups is 1. The number of hydrogen-bond acceptors (Lipinski definition) is 8. The molecule has 1 amide bonds. The highest BCUT2D eigenvalue weighted by atomic mass is 16.5. The molecule has 9 heteroatoms. The Labute approximate surface area is 209 Å². The normalized spacial score (nSPS) is 23.7. The minimum atomic E-state index is -0.399. The fourth-order valence-corrected chi connectivity index (χ4v) is 5.03. The van der Waals surface area contributed by atoms with Crippen LogP contribution in [0.5, 0.6) is 0 Å². The van der Waals surface area contributed by atoms with E-state index in [-0.39, 0.29) is 12.0 Å². The lowest BCUT2D eigenvalue weighted by molar-refractivity contribution is -0.134. The number of β-amino-alcohol motifs (C(OH)–C–C–N with tert-alkyl or cyclic N) is 1. The van der Waals surface area contributed by atoms with Gasteiger partial charge >= 0.3 is 0 Å². The van der Waals surface area contributed by atoms with E-state index in [0.717, 1.165) is 77.8 Å². The molecule has 2 atom stereocenters. The second-order valence-electron chi connectivity index (χ2n) is 9.78. The minimum absolute atomic E-state index is 0.0521. The van der Waals surface area contributed by atoms with Crippen molar-refractivity contribution in [2.45, 2.75) is 18.6 Å². The van der Waals surface area contributed by atoms with Crippen molar-refractivity contribution in [1.82, 2.24) is 19.6 Å². The third-order valence-electron chi connectivity index (χ3n) is 7.03. The first-order valence-electron chi connectivity index (χ1n) is 13.1. The Kier molecular flexibility index (Phi) is 10.8. The lowest BCUT2D eigenvalue weighted by Crippen LogP contribution is -2.53. The molecular weight excluding hydrogens is 448 g/mol. The van der Waals surface area contributed by atoms with Crippen LogP contribution in [0.1, 0.15) is 5.56 Å². The van der Waals surface area contributed by atoms with Crippen LogP contribution in [-0.4, -0.2) is 148 Å². The SMILES string of the molecule is O=C(Cc1ccccc1)N(CCN1CCOCC1)CC1CN(CC(O)CN2CCOCC2)CCO1. The molecular formula is C26H42N4O5. The summed E-state index contributed by atoms with van der Waals surface area (Å²) >= 11 is 0. The van der Waals surface area contributed by atoms with E-state index in [1.165, 1.54) is 0 Å². The second kappa shape index (κ2) is 14.2. The number of hydrogen-bond donors (Lipinski definition) is 1. The Balaban J connectivity index is 1.29.